The Bertz CT molecular complexity index is 2220. The van der Waals surface area contributed by atoms with Gasteiger partial charge in [-0.15, -0.1) is 0 Å². The van der Waals surface area contributed by atoms with E-state index >= 15 is 0 Å². The van der Waals surface area contributed by atoms with Crippen LogP contribution in [0.2, 0.25) is 0 Å². The number of aliphatic hydroxyl groups is 4. The summed E-state index contributed by atoms with van der Waals surface area (Å²) in [7, 11) is 2.15. The predicted octanol–water partition coefficient (Wildman–Crippen LogP) is 6.27. The summed E-state index contributed by atoms with van der Waals surface area (Å²) in [6.07, 6.45) is 7.80. The summed E-state index contributed by atoms with van der Waals surface area (Å²) in [6.45, 7) is 9.42. The molecule has 4 aromatic carbocycles. The smallest absolute Gasteiger partial charge is 0.220 e. The minimum Gasteiger partial charge on any atom is -0.394 e. The van der Waals surface area contributed by atoms with Crippen LogP contribution in [-0.4, -0.2) is 87.5 Å². The number of rotatable bonds is 11. The van der Waals surface area contributed by atoms with Crippen molar-refractivity contribution in [3.05, 3.63) is 120 Å². The molecule has 9 heteroatoms. The van der Waals surface area contributed by atoms with Crippen molar-refractivity contribution >= 4 is 44.5 Å². The average Bonchev–Trinajstić information content (AvgIpc) is 3.51. The van der Waals surface area contributed by atoms with Gasteiger partial charge in [-0.05, 0) is 72.0 Å². The fourth-order valence-electron chi connectivity index (χ4n) is 9.07. The number of anilines is 1. The van der Waals surface area contributed by atoms with Crippen molar-refractivity contribution in [2.45, 2.75) is 94.9 Å². The van der Waals surface area contributed by atoms with Crippen molar-refractivity contribution in [3.63, 3.8) is 0 Å². The zero-order chi connectivity index (χ0) is 39.1. The van der Waals surface area contributed by atoms with Crippen LogP contribution in [0.3, 0.4) is 0 Å². The molecule has 55 heavy (non-hydrogen) atoms. The largest absolute Gasteiger partial charge is 0.394 e. The minimum atomic E-state index is -1.53. The third-order valence-corrected chi connectivity index (χ3v) is 11.9. The van der Waals surface area contributed by atoms with Gasteiger partial charge in [-0.3, -0.25) is 4.79 Å². The molecule has 288 valence electrons. The van der Waals surface area contributed by atoms with E-state index in [9.17, 15) is 25.2 Å². The van der Waals surface area contributed by atoms with Gasteiger partial charge in [0.2, 0.25) is 11.6 Å². The molecule has 1 fully saturated rings. The molecule has 0 radical (unpaired) electrons. The lowest BCUT2D eigenvalue weighted by molar-refractivity contribution is -0.401. The molecule has 4 aromatic rings. The lowest BCUT2D eigenvalue weighted by Gasteiger charge is -2.40. The van der Waals surface area contributed by atoms with Gasteiger partial charge in [0.25, 0.3) is 0 Å². The van der Waals surface area contributed by atoms with Crippen LogP contribution < -0.4 is 10.2 Å². The summed E-state index contributed by atoms with van der Waals surface area (Å²) in [5.41, 5.74) is 7.18. The molecule has 0 bridgehead atoms. The Labute approximate surface area is 323 Å². The number of fused-ring (bicyclic) bond motifs is 6. The SMILES string of the molecule is C[N+]1=C(/C=C/C=C/C=C2/N(CCCCCC(=O)N[C@@H]3[C@@H](O)[C@H](O)[C@@H](CO)O[C@H]3O)c3ccc4ccccc4c3C2(C)C)C(C)(C)c2c1ccc1ccccc21. The molecule has 3 aliphatic rings. The van der Waals surface area contributed by atoms with Gasteiger partial charge in [0.15, 0.2) is 12.0 Å². The van der Waals surface area contributed by atoms with E-state index in [1.165, 1.54) is 55.5 Å². The van der Waals surface area contributed by atoms with Crippen LogP contribution in [0.1, 0.15) is 64.5 Å². The fraction of sp³-hybridized carbons (Fsp3) is 0.391. The second kappa shape index (κ2) is 15.5. The average molecular weight is 745 g/mol. The maximum atomic E-state index is 12.8. The molecule has 3 aliphatic heterocycles. The van der Waals surface area contributed by atoms with E-state index in [4.69, 9.17) is 4.74 Å². The summed E-state index contributed by atoms with van der Waals surface area (Å²) in [4.78, 5) is 15.2. The van der Waals surface area contributed by atoms with E-state index in [0.717, 1.165) is 19.4 Å². The van der Waals surface area contributed by atoms with Crippen molar-refractivity contribution in [1.82, 2.24) is 5.32 Å². The van der Waals surface area contributed by atoms with E-state index in [-0.39, 0.29) is 23.2 Å². The van der Waals surface area contributed by atoms with E-state index < -0.39 is 37.3 Å². The van der Waals surface area contributed by atoms with Crippen LogP contribution in [0.15, 0.2) is 109 Å². The molecular weight excluding hydrogens is 691 g/mol. The van der Waals surface area contributed by atoms with Gasteiger partial charge in [0.05, 0.1) is 12.0 Å². The van der Waals surface area contributed by atoms with Gasteiger partial charge in [-0.25, -0.2) is 0 Å². The van der Waals surface area contributed by atoms with E-state index in [2.05, 4.69) is 153 Å². The lowest BCUT2D eigenvalue weighted by Crippen LogP contribution is -2.64. The highest BCUT2D eigenvalue weighted by atomic mass is 16.6. The quantitative estimate of drug-likeness (QED) is 0.0697. The van der Waals surface area contributed by atoms with Crippen molar-refractivity contribution in [2.75, 3.05) is 25.1 Å². The number of benzene rings is 4. The number of nitrogens with zero attached hydrogens (tertiary/aromatic N) is 2. The van der Waals surface area contributed by atoms with Gasteiger partial charge in [0.1, 0.15) is 31.4 Å². The first kappa shape index (κ1) is 38.6. The second-order valence-electron chi connectivity index (χ2n) is 16.1. The Morgan fingerprint density at radius 3 is 2.20 bits per heavy atom. The minimum absolute atomic E-state index is 0.152. The molecule has 3 heterocycles. The highest BCUT2D eigenvalue weighted by Crippen LogP contribution is 2.51. The summed E-state index contributed by atoms with van der Waals surface area (Å²) >= 11 is 0. The molecule has 9 nitrogen and oxygen atoms in total. The molecule has 1 saturated heterocycles. The monoisotopic (exact) mass is 744 g/mol. The number of hydrogen-bond donors (Lipinski definition) is 5. The van der Waals surface area contributed by atoms with Gasteiger partial charge in [-0.2, -0.15) is 4.58 Å². The first-order valence-electron chi connectivity index (χ1n) is 19.4. The molecule has 5 N–H and O–H groups in total. The van der Waals surface area contributed by atoms with Gasteiger partial charge >= 0.3 is 0 Å². The van der Waals surface area contributed by atoms with E-state index in [0.29, 0.717) is 6.42 Å². The van der Waals surface area contributed by atoms with Crippen LogP contribution in [0.25, 0.3) is 21.5 Å². The predicted molar refractivity (Wildman–Crippen MR) is 219 cm³/mol. The van der Waals surface area contributed by atoms with Crippen LogP contribution >= 0.6 is 0 Å². The lowest BCUT2D eigenvalue weighted by atomic mass is 9.79. The Morgan fingerprint density at radius 2 is 1.49 bits per heavy atom. The Morgan fingerprint density at radius 1 is 0.818 bits per heavy atom. The number of hydrogen-bond acceptors (Lipinski definition) is 7. The highest BCUT2D eigenvalue weighted by Gasteiger charge is 2.45. The summed E-state index contributed by atoms with van der Waals surface area (Å²) in [6, 6.07) is 24.9. The molecule has 0 unspecified atom stereocenters. The van der Waals surface area contributed by atoms with Crippen molar-refractivity contribution < 1.29 is 34.5 Å². The number of amides is 1. The third kappa shape index (κ3) is 7.04. The van der Waals surface area contributed by atoms with E-state index in [1.54, 1.807) is 0 Å². The molecule has 0 aromatic heterocycles. The van der Waals surface area contributed by atoms with Crippen LogP contribution in [0.5, 0.6) is 0 Å². The summed E-state index contributed by atoms with van der Waals surface area (Å²) in [5, 5.41) is 47.8. The third-order valence-electron chi connectivity index (χ3n) is 11.9. The van der Waals surface area contributed by atoms with E-state index in [1.807, 2.05) is 0 Å². The molecular formula is C46H54N3O6+. The molecule has 0 spiro atoms. The number of unbranched alkanes of at least 4 members (excludes halogenated alkanes) is 2. The highest BCUT2D eigenvalue weighted by molar-refractivity contribution is 6.07. The standard InChI is InChI=1S/C46H53N3O6/c1-45(2)36(48(5)33-25-23-29-16-11-13-18-31(29)39(33)45)20-8-6-9-21-37-46(3,4)40-32-19-14-12-17-30(32)24-26-34(40)49(37)27-15-7-10-22-38(51)47-41-43(53)42(52)35(28-50)55-44(41)54/h6,8-9,11-14,16-21,23-26,35,41-44,50,52-54H,7,10,15,22,27-28H2,1-5H3/p+1/t35-,41-,42-,43-,44-/m1/s1. The fourth-order valence-corrected chi connectivity index (χ4v) is 9.07. The number of aliphatic hydroxyl groups excluding tert-OH is 4. The number of carbonyl (C=O) groups is 1. The first-order chi connectivity index (χ1) is 26.4. The van der Waals surface area contributed by atoms with Crippen LogP contribution in [-0.2, 0) is 20.4 Å². The molecule has 7 rings (SSSR count). The second-order valence-corrected chi connectivity index (χ2v) is 16.1. The maximum Gasteiger partial charge on any atom is 0.220 e. The number of allylic oxidation sites excluding steroid dienone is 6. The molecule has 1 amide bonds. The van der Waals surface area contributed by atoms with Crippen molar-refractivity contribution in [1.29, 1.82) is 0 Å². The molecule has 0 aliphatic carbocycles. The van der Waals surface area contributed by atoms with Crippen molar-refractivity contribution in [3.8, 4) is 0 Å². The number of ether oxygens (including phenoxy) is 1. The first-order valence-corrected chi connectivity index (χ1v) is 19.4. The van der Waals surface area contributed by atoms with Crippen molar-refractivity contribution in [2.24, 2.45) is 0 Å². The summed E-state index contributed by atoms with van der Waals surface area (Å²) < 4.78 is 7.49. The van der Waals surface area contributed by atoms with Gasteiger partial charge in [0, 0.05) is 47.5 Å². The topological polar surface area (TPSA) is 126 Å². The number of nitrogens with one attached hydrogen (secondary N) is 1. The number of carbonyl (C=O) groups excluding carboxylic acids is 1. The van der Waals surface area contributed by atoms with Crippen LogP contribution in [0.4, 0.5) is 11.4 Å². The van der Waals surface area contributed by atoms with Gasteiger partial charge in [-0.1, -0.05) is 93.1 Å². The zero-order valence-corrected chi connectivity index (χ0v) is 32.4. The zero-order valence-electron chi connectivity index (χ0n) is 32.4. The maximum absolute atomic E-state index is 12.8. The molecule has 0 saturated carbocycles. The van der Waals surface area contributed by atoms with Gasteiger partial charge < -0.3 is 35.4 Å². The Hall–Kier alpha value is -4.64. The summed E-state index contributed by atoms with van der Waals surface area (Å²) in [5.74, 6) is -0.346. The normalized spacial score (nSPS) is 25.1. The Kier molecular flexibility index (Phi) is 10.9. The molecule has 5 atom stereocenters. The van der Waals surface area contributed by atoms with Crippen LogP contribution in [0, 0.1) is 0 Å². The Balaban J connectivity index is 1.05.